The Bertz CT molecular complexity index is 631. The lowest BCUT2D eigenvalue weighted by molar-refractivity contribution is 0.0697. The number of hydrogen-bond donors (Lipinski definition) is 1. The van der Waals surface area contributed by atoms with Crippen molar-refractivity contribution < 1.29 is 9.90 Å². The zero-order valence-corrected chi connectivity index (χ0v) is 13.1. The van der Waals surface area contributed by atoms with E-state index in [4.69, 9.17) is 5.11 Å². The van der Waals surface area contributed by atoms with Crippen LogP contribution in [0.5, 0.6) is 0 Å². The van der Waals surface area contributed by atoms with Gasteiger partial charge in [0.25, 0.3) is 0 Å². The van der Waals surface area contributed by atoms with Crippen LogP contribution in [0.2, 0.25) is 0 Å². The van der Waals surface area contributed by atoms with Crippen LogP contribution in [0.15, 0.2) is 18.2 Å². The molecule has 0 amide bonds. The maximum Gasteiger partial charge on any atom is 0.335 e. The van der Waals surface area contributed by atoms with E-state index in [2.05, 4.69) is 23.4 Å². The highest BCUT2D eigenvalue weighted by molar-refractivity contribution is 5.92. The molecule has 1 N–H and O–H groups in total. The van der Waals surface area contributed by atoms with Gasteiger partial charge in [0.05, 0.1) is 16.6 Å². The van der Waals surface area contributed by atoms with E-state index in [1.165, 1.54) is 25.7 Å². The van der Waals surface area contributed by atoms with E-state index in [0.717, 1.165) is 23.3 Å². The molecule has 1 heterocycles. The molecule has 0 fully saturated rings. The van der Waals surface area contributed by atoms with E-state index in [0.29, 0.717) is 11.6 Å². The first-order valence-electron chi connectivity index (χ1n) is 7.76. The zero-order chi connectivity index (χ0) is 15.4. The van der Waals surface area contributed by atoms with Gasteiger partial charge in [-0.3, -0.25) is 0 Å². The van der Waals surface area contributed by atoms with Crippen molar-refractivity contribution in [2.75, 3.05) is 0 Å². The minimum absolute atomic E-state index is 0.294. The van der Waals surface area contributed by atoms with Crippen molar-refractivity contribution in [3.63, 3.8) is 0 Å². The Kier molecular flexibility index (Phi) is 4.99. The number of hydrogen-bond acceptors (Lipinski definition) is 2. The van der Waals surface area contributed by atoms with Gasteiger partial charge >= 0.3 is 5.97 Å². The summed E-state index contributed by atoms with van der Waals surface area (Å²) in [6, 6.07) is 5.58. The van der Waals surface area contributed by atoms with Crippen molar-refractivity contribution in [1.29, 1.82) is 0 Å². The van der Waals surface area contributed by atoms with Gasteiger partial charge in [-0.15, -0.1) is 0 Å². The largest absolute Gasteiger partial charge is 0.478 e. The van der Waals surface area contributed by atoms with E-state index >= 15 is 0 Å². The number of carboxylic acids is 1. The maximum absolute atomic E-state index is 11.0. The van der Waals surface area contributed by atoms with Gasteiger partial charge in [-0.1, -0.05) is 32.6 Å². The Labute approximate surface area is 125 Å². The van der Waals surface area contributed by atoms with Crippen molar-refractivity contribution >= 4 is 17.0 Å². The first-order valence-corrected chi connectivity index (χ1v) is 7.76. The Morgan fingerprint density at radius 1 is 1.33 bits per heavy atom. The second-order valence-electron chi connectivity index (χ2n) is 5.74. The standard InChI is InChI=1S/C17H24N2O2/c1-4-5-6-7-8-12(2)19-13(3)18-15-11-14(17(20)21)9-10-16(15)19/h9-12H,4-8H2,1-3H3,(H,20,21). The number of nitrogens with zero attached hydrogens (tertiary/aromatic N) is 2. The molecular weight excluding hydrogens is 264 g/mol. The Balaban J connectivity index is 2.23. The van der Waals surface area contributed by atoms with Crippen LogP contribution in [0.25, 0.3) is 11.0 Å². The summed E-state index contributed by atoms with van der Waals surface area (Å²) in [5, 5.41) is 9.06. The molecule has 1 aromatic carbocycles. The summed E-state index contributed by atoms with van der Waals surface area (Å²) in [7, 11) is 0. The topological polar surface area (TPSA) is 55.1 Å². The molecule has 4 heteroatoms. The molecule has 4 nitrogen and oxygen atoms in total. The fourth-order valence-corrected chi connectivity index (χ4v) is 2.90. The smallest absolute Gasteiger partial charge is 0.335 e. The highest BCUT2D eigenvalue weighted by atomic mass is 16.4. The van der Waals surface area contributed by atoms with Gasteiger partial charge in [-0.25, -0.2) is 9.78 Å². The number of rotatable bonds is 7. The van der Waals surface area contributed by atoms with Gasteiger partial charge in [-0.05, 0) is 38.5 Å². The Morgan fingerprint density at radius 3 is 2.76 bits per heavy atom. The molecule has 1 unspecified atom stereocenters. The van der Waals surface area contributed by atoms with Gasteiger partial charge < -0.3 is 9.67 Å². The number of aromatic nitrogens is 2. The van der Waals surface area contributed by atoms with Crippen LogP contribution in [-0.4, -0.2) is 20.6 Å². The molecule has 2 rings (SSSR count). The summed E-state index contributed by atoms with van der Waals surface area (Å²) in [6.07, 6.45) is 6.17. The summed E-state index contributed by atoms with van der Waals surface area (Å²) in [5.41, 5.74) is 2.09. The third kappa shape index (κ3) is 3.43. The lowest BCUT2D eigenvalue weighted by atomic mass is 10.1. The second kappa shape index (κ2) is 6.74. The molecular formula is C17H24N2O2. The maximum atomic E-state index is 11.0. The fraction of sp³-hybridized carbons (Fsp3) is 0.529. The number of fused-ring (bicyclic) bond motifs is 1. The lowest BCUT2D eigenvalue weighted by Gasteiger charge is -2.16. The molecule has 0 saturated heterocycles. The molecule has 1 atom stereocenters. The quantitative estimate of drug-likeness (QED) is 0.759. The Hall–Kier alpha value is -1.84. The first-order chi connectivity index (χ1) is 10.0. The molecule has 0 aliphatic heterocycles. The third-order valence-electron chi connectivity index (χ3n) is 4.03. The average Bonchev–Trinajstić information content (AvgIpc) is 2.78. The van der Waals surface area contributed by atoms with E-state index < -0.39 is 5.97 Å². The van der Waals surface area contributed by atoms with E-state index in [1.807, 2.05) is 13.0 Å². The second-order valence-corrected chi connectivity index (χ2v) is 5.74. The number of imidazole rings is 1. The molecule has 0 radical (unpaired) electrons. The minimum Gasteiger partial charge on any atom is -0.478 e. The summed E-state index contributed by atoms with van der Waals surface area (Å²) in [5.74, 6) is 0.0484. The highest BCUT2D eigenvalue weighted by Crippen LogP contribution is 2.25. The molecule has 0 aliphatic rings. The SMILES string of the molecule is CCCCCCC(C)n1c(C)nc2cc(C(=O)O)ccc21. The van der Waals surface area contributed by atoms with Gasteiger partial charge in [0.2, 0.25) is 0 Å². The van der Waals surface area contributed by atoms with Crippen molar-refractivity contribution in [3.05, 3.63) is 29.6 Å². The van der Waals surface area contributed by atoms with E-state index in [9.17, 15) is 4.79 Å². The van der Waals surface area contributed by atoms with Crippen molar-refractivity contribution in [3.8, 4) is 0 Å². The van der Waals surface area contributed by atoms with Crippen LogP contribution in [0.1, 0.15) is 68.2 Å². The van der Waals surface area contributed by atoms with E-state index in [-0.39, 0.29) is 0 Å². The number of carboxylic acid groups (broad SMARTS) is 1. The molecule has 0 spiro atoms. The van der Waals surface area contributed by atoms with Crippen molar-refractivity contribution in [2.24, 2.45) is 0 Å². The van der Waals surface area contributed by atoms with Crippen molar-refractivity contribution in [2.45, 2.75) is 58.9 Å². The fourth-order valence-electron chi connectivity index (χ4n) is 2.90. The zero-order valence-electron chi connectivity index (χ0n) is 13.1. The summed E-state index contributed by atoms with van der Waals surface area (Å²) < 4.78 is 2.23. The van der Waals surface area contributed by atoms with Crippen molar-refractivity contribution in [1.82, 2.24) is 9.55 Å². The normalized spacial score (nSPS) is 12.7. The number of aryl methyl sites for hydroxylation is 1. The lowest BCUT2D eigenvalue weighted by Crippen LogP contribution is -2.07. The van der Waals surface area contributed by atoms with Gasteiger partial charge in [0.1, 0.15) is 5.82 Å². The number of unbranched alkanes of at least 4 members (excludes halogenated alkanes) is 3. The highest BCUT2D eigenvalue weighted by Gasteiger charge is 2.14. The Morgan fingerprint density at radius 2 is 2.10 bits per heavy atom. The molecule has 0 bridgehead atoms. The molecule has 0 aliphatic carbocycles. The molecule has 2 aromatic rings. The van der Waals surface area contributed by atoms with Crippen LogP contribution in [0.3, 0.4) is 0 Å². The molecule has 21 heavy (non-hydrogen) atoms. The number of benzene rings is 1. The monoisotopic (exact) mass is 288 g/mol. The first kappa shape index (κ1) is 15.5. The van der Waals surface area contributed by atoms with Gasteiger partial charge in [-0.2, -0.15) is 0 Å². The van der Waals surface area contributed by atoms with Gasteiger partial charge in [0, 0.05) is 6.04 Å². The predicted molar refractivity (Wildman–Crippen MR) is 84.9 cm³/mol. The van der Waals surface area contributed by atoms with Crippen LogP contribution in [0.4, 0.5) is 0 Å². The minimum atomic E-state index is -0.906. The molecule has 0 saturated carbocycles. The molecule has 1 aromatic heterocycles. The summed E-state index contributed by atoms with van der Waals surface area (Å²) in [6.45, 7) is 6.42. The predicted octanol–water partition coefficient (Wildman–Crippen LogP) is 4.57. The van der Waals surface area contributed by atoms with Crippen LogP contribution < -0.4 is 0 Å². The summed E-state index contributed by atoms with van der Waals surface area (Å²) >= 11 is 0. The van der Waals surface area contributed by atoms with Gasteiger partial charge in [0.15, 0.2) is 0 Å². The average molecular weight is 288 g/mol. The van der Waals surface area contributed by atoms with Crippen LogP contribution >= 0.6 is 0 Å². The van der Waals surface area contributed by atoms with Crippen LogP contribution in [0, 0.1) is 6.92 Å². The molecule has 114 valence electrons. The third-order valence-corrected chi connectivity index (χ3v) is 4.03. The van der Waals surface area contributed by atoms with E-state index in [1.54, 1.807) is 12.1 Å². The summed E-state index contributed by atoms with van der Waals surface area (Å²) in [4.78, 5) is 15.6. The van der Waals surface area contributed by atoms with Crippen LogP contribution in [-0.2, 0) is 0 Å². The number of carbonyl (C=O) groups is 1. The number of aromatic carboxylic acids is 1.